The summed E-state index contributed by atoms with van der Waals surface area (Å²) < 4.78 is 0. The highest BCUT2D eigenvalue weighted by molar-refractivity contribution is 6.09. The molecule has 6 heteroatoms. The van der Waals surface area contributed by atoms with Crippen molar-refractivity contribution in [2.75, 3.05) is 51.2 Å². The highest BCUT2D eigenvalue weighted by atomic mass is 15.3. The Labute approximate surface area is 239 Å². The Hall–Kier alpha value is -3.90. The molecule has 40 heavy (non-hydrogen) atoms. The van der Waals surface area contributed by atoms with Gasteiger partial charge in [0.25, 0.3) is 0 Å². The average Bonchev–Trinajstić information content (AvgIpc) is 3.41. The molecule has 0 radical (unpaired) electrons. The lowest BCUT2D eigenvalue weighted by molar-refractivity contribution is 0.312. The molecule has 4 heterocycles. The van der Waals surface area contributed by atoms with Crippen LogP contribution < -0.4 is 10.2 Å². The number of hydrogen-bond donors (Lipinski definition) is 1. The molecule has 6 nitrogen and oxygen atoms in total. The topological polar surface area (TPSA) is 47.0 Å². The van der Waals surface area contributed by atoms with Gasteiger partial charge >= 0.3 is 0 Å². The Kier molecular flexibility index (Phi) is 8.97. The van der Waals surface area contributed by atoms with Crippen LogP contribution >= 0.6 is 0 Å². The maximum Gasteiger partial charge on any atom is 0.129 e. The highest BCUT2D eigenvalue weighted by Gasteiger charge is 2.17. The SMILES string of the molecule is C=Cc1ccc(C2=NC(N3CCCC3)=CCC=C2)cc1/C=C(\C)N/C(=C/C)c1ccnc(N2CCN(C)CC2)c1. The summed E-state index contributed by atoms with van der Waals surface area (Å²) in [4.78, 5) is 16.9. The molecule has 0 atom stereocenters. The number of likely N-dealkylation sites (tertiary alicyclic amines) is 1. The lowest BCUT2D eigenvalue weighted by Gasteiger charge is -2.33. The van der Waals surface area contributed by atoms with E-state index in [2.05, 4.69) is 113 Å². The van der Waals surface area contributed by atoms with E-state index in [0.717, 1.165) is 96.7 Å². The molecule has 0 bridgehead atoms. The second-order valence-corrected chi connectivity index (χ2v) is 10.8. The van der Waals surface area contributed by atoms with Crippen LogP contribution in [0.4, 0.5) is 5.82 Å². The van der Waals surface area contributed by atoms with Crippen molar-refractivity contribution in [1.29, 1.82) is 0 Å². The number of aromatic nitrogens is 1. The minimum atomic E-state index is 0.914. The third kappa shape index (κ3) is 6.62. The van der Waals surface area contributed by atoms with E-state index in [9.17, 15) is 0 Å². The van der Waals surface area contributed by atoms with E-state index in [1.54, 1.807) is 0 Å². The Morgan fingerprint density at radius 1 is 0.975 bits per heavy atom. The molecule has 0 saturated carbocycles. The van der Waals surface area contributed by atoms with Crippen molar-refractivity contribution in [2.45, 2.75) is 33.1 Å². The van der Waals surface area contributed by atoms with Crippen LogP contribution in [0.15, 0.2) is 83.9 Å². The smallest absolute Gasteiger partial charge is 0.129 e. The van der Waals surface area contributed by atoms with Crippen molar-refractivity contribution in [3.8, 4) is 0 Å². The normalized spacial score (nSPS) is 18.9. The number of anilines is 1. The summed E-state index contributed by atoms with van der Waals surface area (Å²) in [6.07, 6.45) is 18.2. The van der Waals surface area contributed by atoms with Gasteiger partial charge in [-0.3, -0.25) is 0 Å². The molecule has 3 aliphatic heterocycles. The van der Waals surface area contributed by atoms with Crippen LogP contribution in [0.2, 0.25) is 0 Å². The summed E-state index contributed by atoms with van der Waals surface area (Å²) in [7, 11) is 2.18. The number of pyridine rings is 1. The lowest BCUT2D eigenvalue weighted by Crippen LogP contribution is -2.44. The fourth-order valence-electron chi connectivity index (χ4n) is 5.50. The molecule has 2 aromatic rings. The van der Waals surface area contributed by atoms with Gasteiger partial charge < -0.3 is 20.0 Å². The Morgan fingerprint density at radius 3 is 2.52 bits per heavy atom. The molecule has 5 rings (SSSR count). The van der Waals surface area contributed by atoms with Crippen LogP contribution in [0.1, 0.15) is 55.4 Å². The van der Waals surface area contributed by atoms with Crippen molar-refractivity contribution in [1.82, 2.24) is 20.1 Å². The van der Waals surface area contributed by atoms with Crippen LogP contribution in [0.25, 0.3) is 17.8 Å². The predicted molar refractivity (Wildman–Crippen MR) is 170 cm³/mol. The number of aliphatic imine (C=N–C) groups is 1. The second-order valence-electron chi connectivity index (χ2n) is 10.8. The van der Waals surface area contributed by atoms with Crippen LogP contribution in [0, 0.1) is 0 Å². The van der Waals surface area contributed by atoms with Crippen LogP contribution in [-0.2, 0) is 0 Å². The Morgan fingerprint density at radius 2 is 1.77 bits per heavy atom. The van der Waals surface area contributed by atoms with Crippen LogP contribution in [-0.4, -0.2) is 66.8 Å². The van der Waals surface area contributed by atoms with E-state index in [-0.39, 0.29) is 0 Å². The molecule has 2 saturated heterocycles. The first kappa shape index (κ1) is 27.7. The number of nitrogens with one attached hydrogen (secondary N) is 1. The minimum Gasteiger partial charge on any atom is -0.359 e. The van der Waals surface area contributed by atoms with Crippen molar-refractivity contribution in [3.05, 3.63) is 101 Å². The summed E-state index contributed by atoms with van der Waals surface area (Å²) in [5, 5.41) is 3.65. The fraction of sp³-hybridized carbons (Fsp3) is 0.353. The van der Waals surface area contributed by atoms with Crippen molar-refractivity contribution >= 4 is 29.4 Å². The summed E-state index contributed by atoms with van der Waals surface area (Å²) in [5.74, 6) is 2.14. The number of nitrogens with zero attached hydrogens (tertiary/aromatic N) is 5. The largest absolute Gasteiger partial charge is 0.359 e. The zero-order chi connectivity index (χ0) is 27.9. The first-order chi connectivity index (χ1) is 19.5. The monoisotopic (exact) mass is 534 g/mol. The van der Waals surface area contributed by atoms with E-state index in [4.69, 9.17) is 4.99 Å². The Bertz CT molecular complexity index is 1360. The number of rotatable bonds is 8. The van der Waals surface area contributed by atoms with Gasteiger partial charge in [-0.2, -0.15) is 0 Å². The van der Waals surface area contributed by atoms with E-state index < -0.39 is 0 Å². The summed E-state index contributed by atoms with van der Waals surface area (Å²) in [6, 6.07) is 10.8. The molecule has 1 N–H and O–H groups in total. The van der Waals surface area contributed by atoms with Gasteiger partial charge in [0, 0.05) is 68.0 Å². The van der Waals surface area contributed by atoms with Gasteiger partial charge in [-0.25, -0.2) is 9.98 Å². The molecule has 1 aromatic carbocycles. The number of likely N-dealkylation sites (N-methyl/N-ethyl adjacent to an activating group) is 1. The van der Waals surface area contributed by atoms with Gasteiger partial charge in [-0.15, -0.1) is 0 Å². The molecule has 2 fully saturated rings. The zero-order valence-corrected chi connectivity index (χ0v) is 24.2. The van der Waals surface area contributed by atoms with Crippen molar-refractivity contribution < 1.29 is 0 Å². The predicted octanol–water partition coefficient (Wildman–Crippen LogP) is 6.17. The molecule has 3 aliphatic rings. The molecule has 1 aromatic heterocycles. The van der Waals surface area contributed by atoms with Crippen LogP contribution in [0.5, 0.6) is 0 Å². The molecular weight excluding hydrogens is 492 g/mol. The number of piperazine rings is 1. The molecule has 0 unspecified atom stereocenters. The van der Waals surface area contributed by atoms with Gasteiger partial charge in [0.1, 0.15) is 11.6 Å². The van der Waals surface area contributed by atoms with Gasteiger partial charge in [-0.05, 0) is 87.7 Å². The second kappa shape index (κ2) is 13.0. The molecule has 0 amide bonds. The first-order valence-corrected chi connectivity index (χ1v) is 14.5. The molecule has 0 spiro atoms. The van der Waals surface area contributed by atoms with E-state index >= 15 is 0 Å². The quantitative estimate of drug-likeness (QED) is 0.439. The van der Waals surface area contributed by atoms with Crippen LogP contribution in [0.3, 0.4) is 0 Å². The zero-order valence-electron chi connectivity index (χ0n) is 24.2. The fourth-order valence-corrected chi connectivity index (χ4v) is 5.50. The third-order valence-corrected chi connectivity index (χ3v) is 7.86. The molecular formula is C34H42N6. The van der Waals surface area contributed by atoms with E-state index in [0.29, 0.717) is 0 Å². The molecule has 208 valence electrons. The van der Waals surface area contributed by atoms with Gasteiger partial charge in [0.05, 0.1) is 5.71 Å². The highest BCUT2D eigenvalue weighted by Crippen LogP contribution is 2.24. The summed E-state index contributed by atoms with van der Waals surface area (Å²) in [6.45, 7) is 14.6. The minimum absolute atomic E-state index is 0.914. The first-order valence-electron chi connectivity index (χ1n) is 14.5. The van der Waals surface area contributed by atoms with Gasteiger partial charge in [-0.1, -0.05) is 36.9 Å². The third-order valence-electron chi connectivity index (χ3n) is 7.86. The number of allylic oxidation sites excluding steroid dienone is 5. The van der Waals surface area contributed by atoms with E-state index in [1.807, 2.05) is 12.3 Å². The number of hydrogen-bond acceptors (Lipinski definition) is 6. The lowest BCUT2D eigenvalue weighted by atomic mass is 10.00. The standard InChI is InChI=1S/C34H42N6/c1-5-27-13-14-28(32-11-7-8-12-33(37-32)39-17-9-10-18-39)24-30(27)23-26(3)36-31(6-2)29-15-16-35-34(25-29)40-21-19-38(4)20-22-40/h5-7,11-16,23-25,36H,1,8-10,17-22H2,2-4H3/b26-23+,31-6+. The maximum atomic E-state index is 5.09. The van der Waals surface area contributed by atoms with E-state index in [1.165, 1.54) is 12.8 Å². The van der Waals surface area contributed by atoms with Crippen molar-refractivity contribution in [3.63, 3.8) is 0 Å². The number of benzene rings is 1. The summed E-state index contributed by atoms with van der Waals surface area (Å²) >= 11 is 0. The van der Waals surface area contributed by atoms with Gasteiger partial charge in [0.2, 0.25) is 0 Å². The summed E-state index contributed by atoms with van der Waals surface area (Å²) in [5.41, 5.74) is 7.60. The maximum absolute atomic E-state index is 5.09. The van der Waals surface area contributed by atoms with Gasteiger partial charge in [0.15, 0.2) is 0 Å². The Balaban J connectivity index is 1.37. The molecule has 0 aliphatic carbocycles. The van der Waals surface area contributed by atoms with Crippen molar-refractivity contribution in [2.24, 2.45) is 4.99 Å². The average molecular weight is 535 g/mol.